The van der Waals surface area contributed by atoms with Crippen molar-refractivity contribution in [1.82, 2.24) is 0 Å². The summed E-state index contributed by atoms with van der Waals surface area (Å²) < 4.78 is 52.6. The molecule has 9 nitrogen and oxygen atoms in total. The molecular weight excluding hydrogens is 286 g/mol. The Balaban J connectivity index is 4.76. The number of nitrogens with zero attached hydrogens (tertiary/aromatic N) is 3. The minimum Gasteiger partial charge on any atom is -0.270 e. The van der Waals surface area contributed by atoms with Crippen molar-refractivity contribution >= 4 is 20.2 Å². The van der Waals surface area contributed by atoms with E-state index in [1.807, 2.05) is 0 Å². The Morgan fingerprint density at radius 1 is 1.11 bits per heavy atom. The zero-order valence-corrected chi connectivity index (χ0v) is 11.9. The van der Waals surface area contributed by atoms with Crippen LogP contribution in [-0.2, 0) is 28.6 Å². The van der Waals surface area contributed by atoms with E-state index >= 15 is 0 Å². The molecule has 0 aliphatic rings. The van der Waals surface area contributed by atoms with Gasteiger partial charge in [-0.05, 0) is 5.53 Å². The highest BCUT2D eigenvalue weighted by molar-refractivity contribution is 7.86. The third kappa shape index (κ3) is 9.19. The van der Waals surface area contributed by atoms with Crippen molar-refractivity contribution in [2.24, 2.45) is 10.5 Å². The van der Waals surface area contributed by atoms with E-state index in [1.165, 1.54) is 6.92 Å². The van der Waals surface area contributed by atoms with E-state index in [0.717, 1.165) is 12.5 Å². The van der Waals surface area contributed by atoms with E-state index in [9.17, 15) is 16.8 Å². The molecular formula is C7H15N3O6S2. The van der Waals surface area contributed by atoms with Gasteiger partial charge in [0.05, 0.1) is 25.7 Å². The lowest BCUT2D eigenvalue weighted by Crippen LogP contribution is -2.34. The lowest BCUT2D eigenvalue weighted by Gasteiger charge is -2.25. The first-order valence-corrected chi connectivity index (χ1v) is 8.30. The summed E-state index contributed by atoms with van der Waals surface area (Å²) in [4.78, 5) is 2.52. The predicted molar refractivity (Wildman–Crippen MR) is 63.7 cm³/mol. The first-order valence-electron chi connectivity index (χ1n) is 4.67. The fraction of sp³-hybridized carbons (Fsp3) is 1.00. The fourth-order valence-corrected chi connectivity index (χ4v) is 1.83. The molecule has 0 heterocycles. The highest BCUT2D eigenvalue weighted by Crippen LogP contribution is 2.20. The Kier molecular flexibility index (Phi) is 6.04. The number of azide groups is 1. The Bertz CT molecular complexity index is 483. The van der Waals surface area contributed by atoms with Crippen LogP contribution in [0.2, 0.25) is 0 Å². The lowest BCUT2D eigenvalue weighted by molar-refractivity contribution is 0.110. The van der Waals surface area contributed by atoms with E-state index < -0.39 is 25.7 Å². The van der Waals surface area contributed by atoms with Crippen LogP contribution >= 0.6 is 0 Å². The van der Waals surface area contributed by atoms with Crippen molar-refractivity contribution in [3.63, 3.8) is 0 Å². The monoisotopic (exact) mass is 301 g/mol. The van der Waals surface area contributed by atoms with Crippen molar-refractivity contribution in [3.8, 4) is 0 Å². The van der Waals surface area contributed by atoms with Crippen molar-refractivity contribution in [3.05, 3.63) is 10.4 Å². The highest BCUT2D eigenvalue weighted by atomic mass is 32.2. The minimum absolute atomic E-state index is 0.158. The van der Waals surface area contributed by atoms with Crippen LogP contribution in [0.15, 0.2) is 5.11 Å². The second-order valence-corrected chi connectivity index (χ2v) is 7.42. The van der Waals surface area contributed by atoms with Crippen LogP contribution in [0, 0.1) is 5.41 Å². The number of hydrogen-bond acceptors (Lipinski definition) is 7. The number of rotatable bonds is 8. The predicted octanol–water partition coefficient (Wildman–Crippen LogP) is 0.255. The molecule has 0 fully saturated rings. The van der Waals surface area contributed by atoms with Gasteiger partial charge in [-0.1, -0.05) is 12.0 Å². The normalized spacial score (nSPS) is 13.1. The van der Waals surface area contributed by atoms with Crippen LogP contribution in [0.25, 0.3) is 10.4 Å². The largest absolute Gasteiger partial charge is 0.270 e. The quantitative estimate of drug-likeness (QED) is 0.273. The molecule has 0 aliphatic heterocycles. The maximum Gasteiger partial charge on any atom is 0.264 e. The third-order valence-electron chi connectivity index (χ3n) is 1.76. The van der Waals surface area contributed by atoms with Crippen LogP contribution in [-0.4, -0.2) is 49.1 Å². The minimum atomic E-state index is -3.68. The van der Waals surface area contributed by atoms with Crippen molar-refractivity contribution < 1.29 is 25.2 Å². The molecule has 0 aromatic carbocycles. The Morgan fingerprint density at radius 3 is 1.78 bits per heavy atom. The van der Waals surface area contributed by atoms with Gasteiger partial charge in [-0.15, -0.1) is 0 Å². The molecule has 0 N–H and O–H groups in total. The summed E-state index contributed by atoms with van der Waals surface area (Å²) >= 11 is 0. The maximum atomic E-state index is 10.9. The molecule has 0 radical (unpaired) electrons. The van der Waals surface area contributed by atoms with Crippen LogP contribution in [0.3, 0.4) is 0 Å². The lowest BCUT2D eigenvalue weighted by atomic mass is 9.94. The summed E-state index contributed by atoms with van der Waals surface area (Å²) in [7, 11) is -7.35. The summed E-state index contributed by atoms with van der Waals surface area (Å²) in [6.07, 6.45) is 1.72. The molecule has 106 valence electrons. The molecule has 0 saturated heterocycles. The van der Waals surface area contributed by atoms with Gasteiger partial charge < -0.3 is 0 Å². The van der Waals surface area contributed by atoms with E-state index in [2.05, 4.69) is 18.4 Å². The molecule has 0 spiro atoms. The summed E-state index contributed by atoms with van der Waals surface area (Å²) in [5, 5.41) is 3.28. The van der Waals surface area contributed by atoms with Gasteiger partial charge in [-0.3, -0.25) is 8.37 Å². The standard InChI is InChI=1S/C7H15N3O6S2/c1-7(4-9-10-8,5-15-17(2,11)12)6-16-18(3,13)14/h4-6H2,1-3H3. The van der Waals surface area contributed by atoms with Gasteiger partial charge in [0.15, 0.2) is 0 Å². The number of hydrogen-bond donors (Lipinski definition) is 0. The summed E-state index contributed by atoms with van der Waals surface area (Å²) in [6.45, 7) is 0.632. The Morgan fingerprint density at radius 2 is 1.50 bits per heavy atom. The first-order chi connectivity index (χ1) is 7.97. The van der Waals surface area contributed by atoms with E-state index in [1.54, 1.807) is 0 Å². The van der Waals surface area contributed by atoms with Gasteiger partial charge in [0.1, 0.15) is 0 Å². The molecule has 0 saturated carbocycles. The molecule has 0 aromatic heterocycles. The van der Waals surface area contributed by atoms with Crippen LogP contribution in [0.4, 0.5) is 0 Å². The molecule has 11 heteroatoms. The van der Waals surface area contributed by atoms with Crippen molar-refractivity contribution in [2.75, 3.05) is 32.3 Å². The van der Waals surface area contributed by atoms with E-state index in [0.29, 0.717) is 0 Å². The summed E-state index contributed by atoms with van der Waals surface area (Å²) in [5.74, 6) is 0. The second kappa shape index (κ2) is 6.34. The van der Waals surface area contributed by atoms with Gasteiger partial charge in [-0.25, -0.2) is 0 Å². The Labute approximate surface area is 106 Å². The van der Waals surface area contributed by atoms with Crippen LogP contribution in [0.5, 0.6) is 0 Å². The first kappa shape index (κ1) is 17.1. The molecule has 0 aliphatic carbocycles. The smallest absolute Gasteiger partial charge is 0.264 e. The van der Waals surface area contributed by atoms with Gasteiger partial charge in [0.2, 0.25) is 0 Å². The summed E-state index contributed by atoms with van der Waals surface area (Å²) in [6, 6.07) is 0. The molecule has 0 bridgehead atoms. The van der Waals surface area contributed by atoms with E-state index in [-0.39, 0.29) is 19.8 Å². The van der Waals surface area contributed by atoms with E-state index in [4.69, 9.17) is 5.53 Å². The maximum absolute atomic E-state index is 10.9. The Hall–Kier alpha value is -0.870. The highest BCUT2D eigenvalue weighted by Gasteiger charge is 2.28. The fourth-order valence-electron chi connectivity index (χ4n) is 0.834. The molecule has 0 aromatic rings. The zero-order chi connectivity index (χ0) is 14.4. The van der Waals surface area contributed by atoms with Gasteiger partial charge >= 0.3 is 0 Å². The van der Waals surface area contributed by atoms with Crippen LogP contribution in [0.1, 0.15) is 6.92 Å². The van der Waals surface area contributed by atoms with Gasteiger partial charge in [0.25, 0.3) is 20.2 Å². The SMILES string of the molecule is CC(CN=[N+]=[N-])(COS(C)(=O)=O)COS(C)(=O)=O. The van der Waals surface area contributed by atoms with Crippen LogP contribution < -0.4 is 0 Å². The molecule has 0 amide bonds. The third-order valence-corrected chi connectivity index (χ3v) is 2.85. The summed E-state index contributed by atoms with van der Waals surface area (Å²) in [5.41, 5.74) is 7.17. The van der Waals surface area contributed by atoms with Gasteiger partial charge in [-0.2, -0.15) is 16.8 Å². The second-order valence-electron chi connectivity index (χ2n) is 4.13. The van der Waals surface area contributed by atoms with Crippen molar-refractivity contribution in [1.29, 1.82) is 0 Å². The zero-order valence-electron chi connectivity index (χ0n) is 10.2. The molecule has 0 rings (SSSR count). The average Bonchev–Trinajstić information content (AvgIpc) is 2.19. The molecule has 0 unspecified atom stereocenters. The molecule has 0 atom stereocenters. The average molecular weight is 301 g/mol. The van der Waals surface area contributed by atoms with Crippen molar-refractivity contribution in [2.45, 2.75) is 6.92 Å². The molecule has 18 heavy (non-hydrogen) atoms. The topological polar surface area (TPSA) is 136 Å². The van der Waals surface area contributed by atoms with Gasteiger partial charge in [0, 0.05) is 16.9 Å².